The molecule has 7 heteroatoms. The summed E-state index contributed by atoms with van der Waals surface area (Å²) in [5.41, 5.74) is 0.705. The zero-order valence-corrected chi connectivity index (χ0v) is 13.2. The van der Waals surface area contributed by atoms with Crippen molar-refractivity contribution in [3.8, 4) is 0 Å². The largest absolute Gasteiger partial charge is 0.310 e. The number of sulfonamides is 1. The molecule has 20 heavy (non-hydrogen) atoms. The zero-order valence-electron chi connectivity index (χ0n) is 12.4. The first-order valence-electron chi connectivity index (χ1n) is 7.20. The quantitative estimate of drug-likeness (QED) is 0.863. The topological polar surface area (TPSA) is 78.1 Å². The Morgan fingerprint density at radius 2 is 2.25 bits per heavy atom. The number of hydrogen-bond acceptors (Lipinski definition) is 4. The summed E-state index contributed by atoms with van der Waals surface area (Å²) in [5, 5.41) is 10.1. The van der Waals surface area contributed by atoms with Crippen molar-refractivity contribution in [3.63, 3.8) is 0 Å². The van der Waals surface area contributed by atoms with Crippen molar-refractivity contribution < 1.29 is 8.42 Å². The van der Waals surface area contributed by atoms with Gasteiger partial charge in [0, 0.05) is 30.7 Å². The van der Waals surface area contributed by atoms with Crippen LogP contribution >= 0.6 is 0 Å². The molecule has 2 heterocycles. The fourth-order valence-electron chi connectivity index (χ4n) is 2.51. The maximum atomic E-state index is 12.8. The van der Waals surface area contributed by atoms with E-state index < -0.39 is 10.0 Å². The third-order valence-corrected chi connectivity index (χ3v) is 5.72. The SMILES string of the molecule is CC(C)NCc1cn[nH]c1S(=O)(=O)N1CCCCC1C. The molecule has 1 atom stereocenters. The Kier molecular flexibility index (Phi) is 4.82. The van der Waals surface area contributed by atoms with E-state index in [-0.39, 0.29) is 11.1 Å². The molecule has 1 saturated heterocycles. The number of H-pyrrole nitrogens is 1. The number of aromatic amines is 1. The lowest BCUT2D eigenvalue weighted by Crippen LogP contribution is -2.42. The second kappa shape index (κ2) is 6.24. The first kappa shape index (κ1) is 15.5. The van der Waals surface area contributed by atoms with Gasteiger partial charge in [-0.3, -0.25) is 5.10 Å². The van der Waals surface area contributed by atoms with Crippen molar-refractivity contribution in [1.82, 2.24) is 19.8 Å². The van der Waals surface area contributed by atoms with Gasteiger partial charge in [-0.05, 0) is 19.8 Å². The molecule has 0 bridgehead atoms. The smallest absolute Gasteiger partial charge is 0.260 e. The summed E-state index contributed by atoms with van der Waals surface area (Å²) in [6.45, 7) is 7.13. The lowest BCUT2D eigenvalue weighted by molar-refractivity contribution is 0.267. The molecule has 0 aliphatic carbocycles. The Balaban J connectivity index is 2.23. The van der Waals surface area contributed by atoms with Crippen molar-refractivity contribution in [2.24, 2.45) is 0 Å². The molecular formula is C13H24N4O2S. The van der Waals surface area contributed by atoms with Gasteiger partial charge >= 0.3 is 0 Å². The van der Waals surface area contributed by atoms with Crippen LogP contribution in [0.3, 0.4) is 0 Å². The molecule has 1 aromatic heterocycles. The number of piperidine rings is 1. The highest BCUT2D eigenvalue weighted by Crippen LogP contribution is 2.25. The molecule has 6 nitrogen and oxygen atoms in total. The van der Waals surface area contributed by atoms with Crippen molar-refractivity contribution in [3.05, 3.63) is 11.8 Å². The highest BCUT2D eigenvalue weighted by Gasteiger charge is 2.33. The molecule has 0 amide bonds. The lowest BCUT2D eigenvalue weighted by atomic mass is 10.1. The van der Waals surface area contributed by atoms with Crippen LogP contribution in [0, 0.1) is 0 Å². The monoisotopic (exact) mass is 300 g/mol. The number of hydrogen-bond donors (Lipinski definition) is 2. The third kappa shape index (κ3) is 3.21. The molecule has 0 saturated carbocycles. The Hall–Kier alpha value is -0.920. The van der Waals surface area contributed by atoms with Gasteiger partial charge in [0.05, 0.1) is 6.20 Å². The lowest BCUT2D eigenvalue weighted by Gasteiger charge is -2.32. The second-order valence-electron chi connectivity index (χ2n) is 5.72. The first-order valence-corrected chi connectivity index (χ1v) is 8.64. The molecule has 1 aliphatic heterocycles. The predicted octanol–water partition coefficient (Wildman–Crippen LogP) is 1.47. The minimum Gasteiger partial charge on any atom is -0.310 e. The highest BCUT2D eigenvalue weighted by molar-refractivity contribution is 7.89. The van der Waals surface area contributed by atoms with Crippen LogP contribution in [0.15, 0.2) is 11.2 Å². The average Bonchev–Trinajstić information content (AvgIpc) is 2.85. The Morgan fingerprint density at radius 1 is 1.50 bits per heavy atom. The fourth-order valence-corrected chi connectivity index (χ4v) is 4.32. The summed E-state index contributed by atoms with van der Waals surface area (Å²) in [5.74, 6) is 0. The van der Waals surface area contributed by atoms with Gasteiger partial charge in [-0.1, -0.05) is 20.3 Å². The molecule has 1 aromatic rings. The molecule has 1 unspecified atom stereocenters. The summed E-state index contributed by atoms with van der Waals surface area (Å²) in [7, 11) is -3.47. The van der Waals surface area contributed by atoms with Crippen LogP contribution in [0.4, 0.5) is 0 Å². The van der Waals surface area contributed by atoms with E-state index in [0.717, 1.165) is 19.3 Å². The van der Waals surface area contributed by atoms with Gasteiger partial charge in [-0.15, -0.1) is 0 Å². The summed E-state index contributed by atoms with van der Waals surface area (Å²) in [6, 6.07) is 0.359. The summed E-state index contributed by atoms with van der Waals surface area (Å²) in [4.78, 5) is 0. The van der Waals surface area contributed by atoms with Gasteiger partial charge in [0.1, 0.15) is 0 Å². The predicted molar refractivity (Wildman–Crippen MR) is 77.8 cm³/mol. The molecule has 2 N–H and O–H groups in total. The minimum absolute atomic E-state index is 0.0583. The molecule has 0 spiro atoms. The van der Waals surface area contributed by atoms with Gasteiger partial charge in [0.2, 0.25) is 0 Å². The third-order valence-electron chi connectivity index (χ3n) is 3.69. The summed E-state index contributed by atoms with van der Waals surface area (Å²) in [6.07, 6.45) is 4.54. The van der Waals surface area contributed by atoms with Gasteiger partial charge in [-0.2, -0.15) is 9.40 Å². The van der Waals surface area contributed by atoms with Crippen LogP contribution < -0.4 is 5.32 Å². The van der Waals surface area contributed by atoms with Gasteiger partial charge < -0.3 is 5.32 Å². The molecule has 0 aromatic carbocycles. The van der Waals surface area contributed by atoms with E-state index >= 15 is 0 Å². The summed E-state index contributed by atoms with van der Waals surface area (Å²) < 4.78 is 27.1. The maximum absolute atomic E-state index is 12.8. The molecule has 0 radical (unpaired) electrons. The van der Waals surface area contributed by atoms with E-state index in [4.69, 9.17) is 0 Å². The number of nitrogens with one attached hydrogen (secondary N) is 2. The van der Waals surface area contributed by atoms with E-state index in [9.17, 15) is 8.42 Å². The number of nitrogens with zero attached hydrogens (tertiary/aromatic N) is 2. The Labute approximate surface area is 121 Å². The van der Waals surface area contributed by atoms with Crippen molar-refractivity contribution in [1.29, 1.82) is 0 Å². The normalized spacial score (nSPS) is 21.5. The van der Waals surface area contributed by atoms with Crippen LogP contribution in [0.25, 0.3) is 0 Å². The standard InChI is InChI=1S/C13H24N4O2S/c1-10(2)14-8-12-9-15-16-13(12)20(18,19)17-7-5-4-6-11(17)3/h9-11,14H,4-8H2,1-3H3,(H,15,16). The van der Waals surface area contributed by atoms with E-state index in [1.54, 1.807) is 10.5 Å². The van der Waals surface area contributed by atoms with Gasteiger partial charge in [0.25, 0.3) is 10.0 Å². The van der Waals surface area contributed by atoms with E-state index in [2.05, 4.69) is 15.5 Å². The Bertz CT molecular complexity index is 538. The fraction of sp³-hybridized carbons (Fsp3) is 0.769. The molecule has 1 aliphatic rings. The van der Waals surface area contributed by atoms with Crippen molar-refractivity contribution in [2.45, 2.75) is 63.7 Å². The Morgan fingerprint density at radius 3 is 2.90 bits per heavy atom. The number of aromatic nitrogens is 2. The van der Waals surface area contributed by atoms with Crippen LogP contribution in [-0.2, 0) is 16.6 Å². The van der Waals surface area contributed by atoms with Crippen molar-refractivity contribution in [2.75, 3.05) is 6.54 Å². The average molecular weight is 300 g/mol. The molecule has 2 rings (SSSR count). The minimum atomic E-state index is -3.47. The maximum Gasteiger partial charge on any atom is 0.260 e. The van der Waals surface area contributed by atoms with Crippen LogP contribution in [0.2, 0.25) is 0 Å². The van der Waals surface area contributed by atoms with Crippen LogP contribution in [-0.4, -0.2) is 41.5 Å². The zero-order chi connectivity index (χ0) is 14.8. The molecule has 1 fully saturated rings. The van der Waals surface area contributed by atoms with Crippen LogP contribution in [0.5, 0.6) is 0 Å². The molecular weight excluding hydrogens is 276 g/mol. The molecule has 114 valence electrons. The van der Waals surface area contributed by atoms with E-state index in [1.807, 2.05) is 20.8 Å². The van der Waals surface area contributed by atoms with Gasteiger partial charge in [0.15, 0.2) is 5.03 Å². The highest BCUT2D eigenvalue weighted by atomic mass is 32.2. The first-order chi connectivity index (χ1) is 9.43. The number of rotatable bonds is 5. The van der Waals surface area contributed by atoms with Gasteiger partial charge in [-0.25, -0.2) is 8.42 Å². The van der Waals surface area contributed by atoms with Crippen LogP contribution in [0.1, 0.15) is 45.6 Å². The van der Waals surface area contributed by atoms with E-state index in [1.165, 1.54) is 0 Å². The van der Waals surface area contributed by atoms with Crippen molar-refractivity contribution >= 4 is 10.0 Å². The summed E-state index contributed by atoms with van der Waals surface area (Å²) >= 11 is 0. The van der Waals surface area contributed by atoms with E-state index in [0.29, 0.717) is 24.7 Å². The second-order valence-corrected chi connectivity index (χ2v) is 7.55.